The van der Waals surface area contributed by atoms with Crippen molar-refractivity contribution in [2.24, 2.45) is 0 Å². The fraction of sp³-hybridized carbons (Fsp3) is 0.609. The van der Waals surface area contributed by atoms with Gasteiger partial charge in [0, 0.05) is 56.9 Å². The maximum absolute atomic E-state index is 13.0. The van der Waals surface area contributed by atoms with Gasteiger partial charge in [-0.15, -0.1) is 0 Å². The zero-order valence-corrected chi connectivity index (χ0v) is 18.8. The van der Waals surface area contributed by atoms with Crippen LogP contribution in [0.25, 0.3) is 0 Å². The molecule has 0 aromatic heterocycles. The number of piperidine rings is 1. The summed E-state index contributed by atoms with van der Waals surface area (Å²) in [4.78, 5) is 42.2. The minimum Gasteiger partial charge on any atom is -0.444 e. The molecule has 1 unspecified atom stereocenters. The van der Waals surface area contributed by atoms with Crippen LogP contribution in [-0.2, 0) is 16.1 Å². The first-order valence-corrected chi connectivity index (χ1v) is 11.0. The van der Waals surface area contributed by atoms with Crippen molar-refractivity contribution in [2.45, 2.75) is 64.8 Å². The monoisotopic (exact) mass is 428 g/mol. The van der Waals surface area contributed by atoms with Crippen LogP contribution < -0.4 is 5.32 Å². The first kappa shape index (κ1) is 21.5. The molecule has 3 aliphatic rings. The van der Waals surface area contributed by atoms with Crippen LogP contribution in [0.1, 0.15) is 56.5 Å². The van der Waals surface area contributed by atoms with Gasteiger partial charge < -0.3 is 24.8 Å². The summed E-state index contributed by atoms with van der Waals surface area (Å²) < 4.78 is 5.40. The number of benzene rings is 1. The molecule has 1 atom stereocenters. The summed E-state index contributed by atoms with van der Waals surface area (Å²) in [5.41, 5.74) is 2.12. The van der Waals surface area contributed by atoms with Crippen molar-refractivity contribution in [2.75, 3.05) is 31.5 Å². The molecule has 3 heterocycles. The summed E-state index contributed by atoms with van der Waals surface area (Å²) in [7, 11) is 0. The lowest BCUT2D eigenvalue weighted by molar-refractivity contribution is -0.129. The molecular weight excluding hydrogens is 396 g/mol. The number of ether oxygens (including phenoxy) is 1. The van der Waals surface area contributed by atoms with E-state index in [1.807, 2.05) is 48.8 Å². The normalized spacial score (nSPS) is 21.6. The quantitative estimate of drug-likeness (QED) is 0.801. The molecule has 4 rings (SSSR count). The molecule has 0 bridgehead atoms. The Morgan fingerprint density at radius 2 is 1.87 bits per heavy atom. The maximum atomic E-state index is 13.0. The highest BCUT2D eigenvalue weighted by Crippen LogP contribution is 2.31. The van der Waals surface area contributed by atoms with Gasteiger partial charge in [0.15, 0.2) is 0 Å². The number of carbonyl (C=O) groups is 3. The van der Waals surface area contributed by atoms with E-state index in [-0.39, 0.29) is 30.0 Å². The van der Waals surface area contributed by atoms with E-state index in [1.54, 1.807) is 11.8 Å². The third-order valence-electron chi connectivity index (χ3n) is 6.13. The molecule has 0 saturated carbocycles. The standard InChI is InChI=1S/C23H32N4O4/c1-15(28)25-9-5-6-18(12-25)24-17-8-7-16-11-27(21(29)20(16)10-17)19-13-26(14-19)22(30)31-23(2,3)4/h7-8,10,18-19,24H,5-6,9,11-14H2,1-4H3. The number of nitrogens with zero attached hydrogens (tertiary/aromatic N) is 3. The van der Waals surface area contributed by atoms with Crippen LogP contribution in [-0.4, -0.2) is 76.5 Å². The Balaban J connectivity index is 1.35. The van der Waals surface area contributed by atoms with Crippen LogP contribution in [0.5, 0.6) is 0 Å². The van der Waals surface area contributed by atoms with E-state index >= 15 is 0 Å². The second-order valence-corrected chi connectivity index (χ2v) is 9.79. The molecule has 31 heavy (non-hydrogen) atoms. The number of fused-ring (bicyclic) bond motifs is 1. The summed E-state index contributed by atoms with van der Waals surface area (Å²) >= 11 is 0. The van der Waals surface area contributed by atoms with Gasteiger partial charge in [-0.25, -0.2) is 4.79 Å². The number of carbonyl (C=O) groups excluding carboxylic acids is 3. The topological polar surface area (TPSA) is 82.2 Å². The van der Waals surface area contributed by atoms with E-state index in [4.69, 9.17) is 4.74 Å². The summed E-state index contributed by atoms with van der Waals surface area (Å²) in [6, 6.07) is 6.15. The van der Waals surface area contributed by atoms with Gasteiger partial charge in [-0.1, -0.05) is 6.07 Å². The summed E-state index contributed by atoms with van der Waals surface area (Å²) in [6.07, 6.45) is 1.65. The Hall–Kier alpha value is -2.77. The lowest BCUT2D eigenvalue weighted by Gasteiger charge is -2.43. The number of amides is 3. The molecule has 3 amide bonds. The van der Waals surface area contributed by atoms with Crippen LogP contribution >= 0.6 is 0 Å². The fourth-order valence-corrected chi connectivity index (χ4v) is 4.45. The number of nitrogens with one attached hydrogen (secondary N) is 1. The minimum atomic E-state index is -0.523. The number of anilines is 1. The first-order valence-electron chi connectivity index (χ1n) is 11.0. The number of hydrogen-bond donors (Lipinski definition) is 1. The van der Waals surface area contributed by atoms with Crippen molar-refractivity contribution in [3.05, 3.63) is 29.3 Å². The predicted molar refractivity (Wildman–Crippen MR) is 117 cm³/mol. The maximum Gasteiger partial charge on any atom is 0.410 e. The van der Waals surface area contributed by atoms with Crippen molar-refractivity contribution in [3.63, 3.8) is 0 Å². The van der Waals surface area contributed by atoms with Crippen LogP contribution in [0.3, 0.4) is 0 Å². The Bertz CT molecular complexity index is 888. The molecule has 0 aliphatic carbocycles. The molecule has 2 fully saturated rings. The molecule has 8 nitrogen and oxygen atoms in total. The number of likely N-dealkylation sites (tertiary alicyclic amines) is 2. The average Bonchev–Trinajstić information content (AvgIpc) is 2.95. The molecule has 1 aromatic rings. The van der Waals surface area contributed by atoms with Crippen molar-refractivity contribution >= 4 is 23.6 Å². The van der Waals surface area contributed by atoms with Crippen molar-refractivity contribution < 1.29 is 19.1 Å². The molecule has 8 heteroatoms. The van der Waals surface area contributed by atoms with E-state index in [2.05, 4.69) is 5.32 Å². The van der Waals surface area contributed by atoms with E-state index in [0.29, 0.717) is 26.2 Å². The first-order chi connectivity index (χ1) is 14.6. The zero-order valence-electron chi connectivity index (χ0n) is 18.8. The molecule has 0 spiro atoms. The molecule has 168 valence electrons. The average molecular weight is 429 g/mol. The second kappa shape index (κ2) is 8.05. The Morgan fingerprint density at radius 1 is 1.13 bits per heavy atom. The molecule has 0 radical (unpaired) electrons. The highest BCUT2D eigenvalue weighted by atomic mass is 16.6. The Labute approximate surface area is 183 Å². The van der Waals surface area contributed by atoms with Crippen molar-refractivity contribution in [1.82, 2.24) is 14.7 Å². The SMILES string of the molecule is CC(=O)N1CCCC(Nc2ccc3c(c2)C(=O)N(C2CN(C(=O)OC(C)(C)C)C2)C3)C1. The van der Waals surface area contributed by atoms with Gasteiger partial charge in [0.1, 0.15) is 5.60 Å². The van der Waals surface area contributed by atoms with E-state index in [0.717, 1.165) is 36.2 Å². The van der Waals surface area contributed by atoms with Crippen LogP contribution in [0.15, 0.2) is 18.2 Å². The number of hydrogen-bond acceptors (Lipinski definition) is 5. The van der Waals surface area contributed by atoms with Crippen LogP contribution in [0, 0.1) is 0 Å². The fourth-order valence-electron chi connectivity index (χ4n) is 4.45. The highest BCUT2D eigenvalue weighted by molar-refractivity contribution is 5.99. The summed E-state index contributed by atoms with van der Waals surface area (Å²) in [6.45, 7) is 10.2. The van der Waals surface area contributed by atoms with Gasteiger partial charge in [-0.3, -0.25) is 9.59 Å². The molecule has 1 N–H and O–H groups in total. The zero-order chi connectivity index (χ0) is 22.3. The molecule has 3 aliphatic heterocycles. The molecular formula is C23H32N4O4. The Morgan fingerprint density at radius 3 is 2.55 bits per heavy atom. The van der Waals surface area contributed by atoms with Gasteiger partial charge in [-0.05, 0) is 51.3 Å². The summed E-state index contributed by atoms with van der Waals surface area (Å²) in [5.74, 6) is 0.119. The van der Waals surface area contributed by atoms with Crippen molar-refractivity contribution in [3.8, 4) is 0 Å². The summed E-state index contributed by atoms with van der Waals surface area (Å²) in [5, 5.41) is 3.50. The van der Waals surface area contributed by atoms with Gasteiger partial charge in [0.25, 0.3) is 5.91 Å². The van der Waals surface area contributed by atoms with Gasteiger partial charge >= 0.3 is 6.09 Å². The lowest BCUT2D eigenvalue weighted by Crippen LogP contribution is -2.61. The third-order valence-corrected chi connectivity index (χ3v) is 6.13. The van der Waals surface area contributed by atoms with E-state index < -0.39 is 5.60 Å². The van der Waals surface area contributed by atoms with Gasteiger partial charge in [-0.2, -0.15) is 0 Å². The van der Waals surface area contributed by atoms with Gasteiger partial charge in [0.2, 0.25) is 5.91 Å². The molecule has 1 aromatic carbocycles. The van der Waals surface area contributed by atoms with Crippen molar-refractivity contribution in [1.29, 1.82) is 0 Å². The third kappa shape index (κ3) is 4.62. The predicted octanol–water partition coefficient (Wildman–Crippen LogP) is 2.68. The van der Waals surface area contributed by atoms with Gasteiger partial charge in [0.05, 0.1) is 6.04 Å². The van der Waals surface area contributed by atoms with E-state index in [1.165, 1.54) is 0 Å². The number of rotatable bonds is 3. The highest BCUT2D eigenvalue weighted by Gasteiger charge is 2.42. The molecule has 2 saturated heterocycles. The second-order valence-electron chi connectivity index (χ2n) is 9.79. The smallest absolute Gasteiger partial charge is 0.410 e. The Kier molecular flexibility index (Phi) is 5.58. The largest absolute Gasteiger partial charge is 0.444 e. The van der Waals surface area contributed by atoms with E-state index in [9.17, 15) is 14.4 Å². The minimum absolute atomic E-state index is 0.0153. The van der Waals surface area contributed by atoms with Crippen LogP contribution in [0.2, 0.25) is 0 Å². The lowest BCUT2D eigenvalue weighted by atomic mass is 10.0. The van der Waals surface area contributed by atoms with Crippen LogP contribution in [0.4, 0.5) is 10.5 Å².